The van der Waals surface area contributed by atoms with Gasteiger partial charge in [-0.1, -0.05) is 30.7 Å². The van der Waals surface area contributed by atoms with Crippen LogP contribution in [0.3, 0.4) is 0 Å². The highest BCUT2D eigenvalue weighted by molar-refractivity contribution is 5.82. The van der Waals surface area contributed by atoms with E-state index in [1.54, 1.807) is 0 Å². The lowest BCUT2D eigenvalue weighted by molar-refractivity contribution is -0.124. The fourth-order valence-corrected chi connectivity index (χ4v) is 3.20. The number of hydrogen-bond acceptors (Lipinski definition) is 2. The van der Waals surface area contributed by atoms with Gasteiger partial charge in [0.25, 0.3) is 0 Å². The topological polar surface area (TPSA) is 41.1 Å². The molecule has 1 aromatic rings. The molecule has 0 aromatic heterocycles. The molecule has 1 aliphatic heterocycles. The van der Waals surface area contributed by atoms with E-state index in [4.69, 9.17) is 0 Å². The largest absolute Gasteiger partial charge is 0.352 e. The maximum atomic E-state index is 12.2. The van der Waals surface area contributed by atoms with Crippen LogP contribution in [0, 0.1) is 0 Å². The molecule has 1 heterocycles. The van der Waals surface area contributed by atoms with Gasteiger partial charge in [-0.3, -0.25) is 4.79 Å². The Kier molecular flexibility index (Phi) is 3.83. The van der Waals surface area contributed by atoms with Crippen LogP contribution in [-0.2, 0) is 17.6 Å². The lowest BCUT2D eigenvalue weighted by Crippen LogP contribution is -2.50. The molecule has 3 nitrogen and oxygen atoms in total. The first-order valence-corrected chi connectivity index (χ1v) is 7.43. The molecule has 0 bridgehead atoms. The average molecular weight is 258 g/mol. The summed E-state index contributed by atoms with van der Waals surface area (Å²) in [5, 5.41) is 6.54. The van der Waals surface area contributed by atoms with Gasteiger partial charge in [0.05, 0.1) is 6.04 Å². The lowest BCUT2D eigenvalue weighted by atomic mass is 9.88. The van der Waals surface area contributed by atoms with E-state index in [-0.39, 0.29) is 11.9 Å². The molecule has 2 aliphatic rings. The van der Waals surface area contributed by atoms with Crippen molar-refractivity contribution in [1.82, 2.24) is 10.6 Å². The second kappa shape index (κ2) is 5.74. The van der Waals surface area contributed by atoms with Crippen LogP contribution in [0.5, 0.6) is 0 Å². The number of carbonyl (C=O) groups is 1. The summed E-state index contributed by atoms with van der Waals surface area (Å²) in [4.78, 5) is 12.2. The minimum atomic E-state index is 0.0333. The van der Waals surface area contributed by atoms with Gasteiger partial charge in [-0.25, -0.2) is 0 Å². The van der Waals surface area contributed by atoms with Gasteiger partial charge in [0.15, 0.2) is 0 Å². The monoisotopic (exact) mass is 258 g/mol. The van der Waals surface area contributed by atoms with Gasteiger partial charge < -0.3 is 10.6 Å². The van der Waals surface area contributed by atoms with Crippen molar-refractivity contribution in [3.63, 3.8) is 0 Å². The normalized spacial score (nSPS) is 26.5. The molecule has 102 valence electrons. The van der Waals surface area contributed by atoms with Crippen LogP contribution in [0.4, 0.5) is 0 Å². The van der Waals surface area contributed by atoms with Crippen LogP contribution < -0.4 is 10.6 Å². The molecular formula is C16H22N2O. The number of aryl methyl sites for hydroxylation is 1. The Hall–Kier alpha value is -1.35. The van der Waals surface area contributed by atoms with E-state index >= 15 is 0 Å². The Morgan fingerprint density at radius 2 is 2.00 bits per heavy atom. The molecule has 2 unspecified atom stereocenters. The number of piperidine rings is 1. The second-order valence-corrected chi connectivity index (χ2v) is 5.72. The highest BCUT2D eigenvalue weighted by atomic mass is 16.2. The third kappa shape index (κ3) is 2.98. The van der Waals surface area contributed by atoms with Gasteiger partial charge in [-0.15, -0.1) is 0 Å². The van der Waals surface area contributed by atoms with E-state index < -0.39 is 0 Å². The molecule has 0 radical (unpaired) electrons. The highest BCUT2D eigenvalue weighted by Crippen LogP contribution is 2.21. The molecule has 1 amide bonds. The van der Waals surface area contributed by atoms with Crippen LogP contribution in [-0.4, -0.2) is 24.5 Å². The van der Waals surface area contributed by atoms with E-state index in [1.807, 2.05) is 0 Å². The summed E-state index contributed by atoms with van der Waals surface area (Å²) < 4.78 is 0. The molecule has 2 atom stereocenters. The minimum absolute atomic E-state index is 0.0333. The van der Waals surface area contributed by atoms with Gasteiger partial charge in [-0.05, 0) is 49.8 Å². The van der Waals surface area contributed by atoms with Crippen molar-refractivity contribution in [3.8, 4) is 0 Å². The van der Waals surface area contributed by atoms with Crippen molar-refractivity contribution in [2.45, 2.75) is 50.6 Å². The first kappa shape index (κ1) is 12.7. The van der Waals surface area contributed by atoms with Crippen LogP contribution in [0.1, 0.15) is 36.8 Å². The van der Waals surface area contributed by atoms with Crippen LogP contribution in [0.2, 0.25) is 0 Å². The maximum absolute atomic E-state index is 12.2. The third-order valence-electron chi connectivity index (χ3n) is 4.32. The molecule has 19 heavy (non-hydrogen) atoms. The second-order valence-electron chi connectivity index (χ2n) is 5.72. The van der Waals surface area contributed by atoms with E-state index in [0.29, 0.717) is 6.04 Å². The number of benzene rings is 1. The predicted octanol–water partition coefficient (Wildman–Crippen LogP) is 1.80. The Morgan fingerprint density at radius 1 is 1.16 bits per heavy atom. The van der Waals surface area contributed by atoms with Gasteiger partial charge in [0.1, 0.15) is 0 Å². The van der Waals surface area contributed by atoms with E-state index in [9.17, 15) is 4.79 Å². The third-order valence-corrected chi connectivity index (χ3v) is 4.32. The molecule has 0 spiro atoms. The summed E-state index contributed by atoms with van der Waals surface area (Å²) in [5.41, 5.74) is 2.85. The molecule has 1 aromatic carbocycles. The summed E-state index contributed by atoms with van der Waals surface area (Å²) in [6.07, 6.45) is 6.47. The van der Waals surface area contributed by atoms with Crippen LogP contribution in [0.15, 0.2) is 24.3 Å². The first-order valence-electron chi connectivity index (χ1n) is 7.43. The molecule has 1 fully saturated rings. The fraction of sp³-hybridized carbons (Fsp3) is 0.562. The molecule has 3 rings (SSSR count). The van der Waals surface area contributed by atoms with E-state index in [2.05, 4.69) is 34.9 Å². The maximum Gasteiger partial charge on any atom is 0.237 e. The standard InChI is InChI=1S/C16H22N2O/c19-16(15-7-3-4-10-17-15)18-14-9-8-12-5-1-2-6-13(12)11-14/h1-2,5-6,14-15,17H,3-4,7-11H2,(H,18,19). The summed E-state index contributed by atoms with van der Waals surface area (Å²) >= 11 is 0. The molecule has 3 heteroatoms. The molecule has 1 aliphatic carbocycles. The first-order chi connectivity index (χ1) is 9.33. The van der Waals surface area contributed by atoms with Gasteiger partial charge in [0.2, 0.25) is 5.91 Å². The Bertz CT molecular complexity index is 452. The van der Waals surface area contributed by atoms with E-state index in [0.717, 1.165) is 32.2 Å². The highest BCUT2D eigenvalue weighted by Gasteiger charge is 2.25. The lowest BCUT2D eigenvalue weighted by Gasteiger charge is -2.29. The van der Waals surface area contributed by atoms with Gasteiger partial charge in [0, 0.05) is 6.04 Å². The zero-order valence-electron chi connectivity index (χ0n) is 11.3. The van der Waals surface area contributed by atoms with Crippen molar-refractivity contribution in [1.29, 1.82) is 0 Å². The van der Waals surface area contributed by atoms with Gasteiger partial charge in [-0.2, -0.15) is 0 Å². The van der Waals surface area contributed by atoms with Crippen molar-refractivity contribution in [2.75, 3.05) is 6.54 Å². The zero-order chi connectivity index (χ0) is 13.1. The Morgan fingerprint density at radius 3 is 2.79 bits per heavy atom. The fourth-order valence-electron chi connectivity index (χ4n) is 3.20. The number of nitrogens with one attached hydrogen (secondary N) is 2. The smallest absolute Gasteiger partial charge is 0.237 e. The molecule has 1 saturated heterocycles. The minimum Gasteiger partial charge on any atom is -0.352 e. The summed E-state index contributed by atoms with van der Waals surface area (Å²) in [6.45, 7) is 0.978. The van der Waals surface area contributed by atoms with Crippen LogP contribution in [0.25, 0.3) is 0 Å². The SMILES string of the molecule is O=C(NC1CCc2ccccc2C1)C1CCCCN1. The van der Waals surface area contributed by atoms with Gasteiger partial charge >= 0.3 is 0 Å². The average Bonchev–Trinajstić information content (AvgIpc) is 2.48. The molecule has 2 N–H and O–H groups in total. The molecule has 0 saturated carbocycles. The van der Waals surface area contributed by atoms with Crippen molar-refractivity contribution < 1.29 is 4.79 Å². The summed E-state index contributed by atoms with van der Waals surface area (Å²) in [6, 6.07) is 8.93. The Balaban J connectivity index is 1.58. The van der Waals surface area contributed by atoms with Crippen LogP contribution >= 0.6 is 0 Å². The quantitative estimate of drug-likeness (QED) is 0.849. The number of amides is 1. The number of rotatable bonds is 2. The summed E-state index contributed by atoms with van der Waals surface area (Å²) in [5.74, 6) is 0.198. The number of fused-ring (bicyclic) bond motifs is 1. The Labute approximate surface area is 114 Å². The van der Waals surface area contributed by atoms with E-state index in [1.165, 1.54) is 24.0 Å². The van der Waals surface area contributed by atoms with Crippen molar-refractivity contribution >= 4 is 5.91 Å². The predicted molar refractivity (Wildman–Crippen MR) is 76.0 cm³/mol. The number of carbonyl (C=O) groups excluding carboxylic acids is 1. The summed E-state index contributed by atoms with van der Waals surface area (Å²) in [7, 11) is 0. The van der Waals surface area contributed by atoms with Crippen molar-refractivity contribution in [3.05, 3.63) is 35.4 Å². The van der Waals surface area contributed by atoms with Crippen molar-refractivity contribution in [2.24, 2.45) is 0 Å². The molecular weight excluding hydrogens is 236 g/mol. The zero-order valence-corrected chi connectivity index (χ0v) is 11.3. The number of hydrogen-bond donors (Lipinski definition) is 2.